The van der Waals surface area contributed by atoms with Gasteiger partial charge in [0, 0.05) is 12.4 Å². The van der Waals surface area contributed by atoms with Crippen molar-refractivity contribution in [3.05, 3.63) is 35.7 Å². The number of rotatable bonds is 2. The molecule has 22 heavy (non-hydrogen) atoms. The van der Waals surface area contributed by atoms with Crippen LogP contribution in [0.5, 0.6) is 0 Å². The van der Waals surface area contributed by atoms with Crippen LogP contribution in [0.3, 0.4) is 0 Å². The fraction of sp³-hybridized carbons (Fsp3) is 0.632. The van der Waals surface area contributed by atoms with Gasteiger partial charge in [-0.15, -0.1) is 0 Å². The molecular formula is C19H29NO2. The molecule has 3 nitrogen and oxygen atoms in total. The smallest absolute Gasteiger partial charge is 0.417 e. The van der Waals surface area contributed by atoms with Gasteiger partial charge in [0.1, 0.15) is 0 Å². The Morgan fingerprint density at radius 3 is 1.86 bits per heavy atom. The van der Waals surface area contributed by atoms with Crippen molar-refractivity contribution in [1.82, 2.24) is 4.90 Å². The van der Waals surface area contributed by atoms with Gasteiger partial charge in [-0.1, -0.05) is 53.7 Å². The van der Waals surface area contributed by atoms with E-state index in [2.05, 4.69) is 53.7 Å². The lowest BCUT2D eigenvalue weighted by Crippen LogP contribution is -2.25. The van der Waals surface area contributed by atoms with Crippen molar-refractivity contribution in [2.24, 2.45) is 16.7 Å². The van der Waals surface area contributed by atoms with Crippen LogP contribution < -0.4 is 0 Å². The van der Waals surface area contributed by atoms with E-state index in [-0.39, 0.29) is 16.9 Å². The molecule has 0 bridgehead atoms. The lowest BCUT2D eigenvalue weighted by Gasteiger charge is -2.23. The molecule has 1 aliphatic heterocycles. The van der Waals surface area contributed by atoms with E-state index in [1.807, 2.05) is 12.4 Å². The van der Waals surface area contributed by atoms with E-state index >= 15 is 0 Å². The van der Waals surface area contributed by atoms with Gasteiger partial charge in [0.25, 0.3) is 0 Å². The summed E-state index contributed by atoms with van der Waals surface area (Å²) in [5.74, 6) is 0.575. The standard InChI is InChI=1S/C19H29NO2/c1-18(2,3)15-9-10-16(19(4,5)6)12-20(11-15)17(21)22-13-14-7-8-14/h9-12,14H,7-8,13H2,1-6H3. The molecule has 0 N–H and O–H groups in total. The second kappa shape index (κ2) is 5.94. The SMILES string of the molecule is CC(C)(C)C1=CN(C(=O)OCC2CC2)C=C(C(C)(C)C)C=C1. The van der Waals surface area contributed by atoms with Gasteiger partial charge in [0.2, 0.25) is 0 Å². The molecule has 0 atom stereocenters. The highest BCUT2D eigenvalue weighted by molar-refractivity contribution is 5.71. The first-order valence-corrected chi connectivity index (χ1v) is 8.15. The first-order valence-electron chi connectivity index (χ1n) is 8.15. The Kier molecular flexibility index (Phi) is 4.55. The van der Waals surface area contributed by atoms with E-state index in [9.17, 15) is 4.79 Å². The normalized spacial score (nSPS) is 19.5. The van der Waals surface area contributed by atoms with Gasteiger partial charge >= 0.3 is 6.09 Å². The Balaban J connectivity index is 2.25. The lowest BCUT2D eigenvalue weighted by molar-refractivity contribution is 0.122. The second-order valence-electron chi connectivity index (χ2n) is 8.43. The zero-order valence-corrected chi connectivity index (χ0v) is 14.8. The van der Waals surface area contributed by atoms with Crippen LogP contribution >= 0.6 is 0 Å². The van der Waals surface area contributed by atoms with E-state index in [1.165, 1.54) is 12.8 Å². The Morgan fingerprint density at radius 1 is 1.05 bits per heavy atom. The molecule has 1 amide bonds. The predicted octanol–water partition coefficient (Wildman–Crippen LogP) is 5.26. The number of amides is 1. The number of nitrogens with zero attached hydrogens (tertiary/aromatic N) is 1. The lowest BCUT2D eigenvalue weighted by atomic mass is 9.84. The van der Waals surface area contributed by atoms with Crippen LogP contribution in [0, 0.1) is 16.7 Å². The first kappa shape index (κ1) is 16.9. The summed E-state index contributed by atoms with van der Waals surface area (Å²) >= 11 is 0. The van der Waals surface area contributed by atoms with Crippen LogP contribution in [0.15, 0.2) is 35.7 Å². The Morgan fingerprint density at radius 2 is 1.50 bits per heavy atom. The van der Waals surface area contributed by atoms with Crippen molar-refractivity contribution in [1.29, 1.82) is 0 Å². The summed E-state index contributed by atoms with van der Waals surface area (Å²) in [7, 11) is 0. The number of allylic oxidation sites excluding steroid dienone is 4. The van der Waals surface area contributed by atoms with E-state index in [4.69, 9.17) is 4.74 Å². The molecule has 0 spiro atoms. The molecule has 0 unspecified atom stereocenters. The Hall–Kier alpha value is -1.51. The van der Waals surface area contributed by atoms with Gasteiger partial charge in [-0.25, -0.2) is 4.79 Å². The average Bonchev–Trinajstić information content (AvgIpc) is 3.19. The molecule has 3 heteroatoms. The quantitative estimate of drug-likeness (QED) is 0.696. The van der Waals surface area contributed by atoms with Crippen LogP contribution in [-0.4, -0.2) is 17.6 Å². The van der Waals surface area contributed by atoms with E-state index in [0.717, 1.165) is 11.1 Å². The summed E-state index contributed by atoms with van der Waals surface area (Å²) in [6.07, 6.45) is 10.1. The second-order valence-corrected chi connectivity index (χ2v) is 8.43. The minimum atomic E-state index is -0.279. The van der Waals surface area contributed by atoms with Gasteiger partial charge in [-0.05, 0) is 40.7 Å². The molecule has 0 aromatic rings. The molecule has 0 saturated heterocycles. The zero-order chi connectivity index (χ0) is 16.5. The van der Waals surface area contributed by atoms with E-state index < -0.39 is 0 Å². The van der Waals surface area contributed by atoms with Crippen molar-refractivity contribution < 1.29 is 9.53 Å². The van der Waals surface area contributed by atoms with Crippen LogP contribution in [0.1, 0.15) is 54.4 Å². The summed E-state index contributed by atoms with van der Waals surface area (Å²) in [4.78, 5) is 14.0. The Labute approximate surface area is 134 Å². The topological polar surface area (TPSA) is 29.5 Å². The maximum absolute atomic E-state index is 12.4. The van der Waals surface area contributed by atoms with Crippen LogP contribution in [0.25, 0.3) is 0 Å². The fourth-order valence-electron chi connectivity index (χ4n) is 2.14. The molecule has 1 fully saturated rings. The van der Waals surface area contributed by atoms with Crippen molar-refractivity contribution in [3.8, 4) is 0 Å². The van der Waals surface area contributed by atoms with Gasteiger partial charge in [0.05, 0.1) is 6.61 Å². The monoisotopic (exact) mass is 303 g/mol. The number of ether oxygens (including phenoxy) is 1. The minimum absolute atomic E-state index is 0.0211. The molecule has 1 aliphatic carbocycles. The third-order valence-corrected chi connectivity index (χ3v) is 4.08. The summed E-state index contributed by atoms with van der Waals surface area (Å²) in [5, 5.41) is 0. The summed E-state index contributed by atoms with van der Waals surface area (Å²) < 4.78 is 5.45. The molecule has 0 aromatic carbocycles. The summed E-state index contributed by atoms with van der Waals surface area (Å²) in [5.41, 5.74) is 2.19. The number of carbonyl (C=O) groups is 1. The van der Waals surface area contributed by atoms with Gasteiger partial charge in [-0.2, -0.15) is 0 Å². The van der Waals surface area contributed by atoms with Crippen molar-refractivity contribution in [3.63, 3.8) is 0 Å². The summed E-state index contributed by atoms with van der Waals surface area (Å²) in [6.45, 7) is 13.5. The molecule has 0 aromatic heterocycles. The van der Waals surface area contributed by atoms with E-state index in [1.54, 1.807) is 4.90 Å². The molecular weight excluding hydrogens is 274 g/mol. The highest BCUT2D eigenvalue weighted by Gasteiger charge is 2.27. The zero-order valence-electron chi connectivity index (χ0n) is 14.8. The third kappa shape index (κ3) is 4.49. The molecule has 122 valence electrons. The van der Waals surface area contributed by atoms with Crippen LogP contribution in [0.4, 0.5) is 4.79 Å². The number of hydrogen-bond donors (Lipinski definition) is 0. The fourth-order valence-corrected chi connectivity index (χ4v) is 2.14. The third-order valence-electron chi connectivity index (χ3n) is 4.08. The molecule has 1 saturated carbocycles. The maximum Gasteiger partial charge on any atom is 0.417 e. The highest BCUT2D eigenvalue weighted by atomic mass is 16.6. The number of hydrogen-bond acceptors (Lipinski definition) is 2. The first-order chi connectivity index (χ1) is 10.1. The highest BCUT2D eigenvalue weighted by Crippen LogP contribution is 2.34. The van der Waals surface area contributed by atoms with Gasteiger partial charge in [0.15, 0.2) is 0 Å². The van der Waals surface area contributed by atoms with Gasteiger partial charge in [-0.3, -0.25) is 4.90 Å². The molecule has 1 heterocycles. The maximum atomic E-state index is 12.4. The van der Waals surface area contributed by atoms with E-state index in [0.29, 0.717) is 12.5 Å². The molecule has 2 aliphatic rings. The largest absolute Gasteiger partial charge is 0.449 e. The van der Waals surface area contributed by atoms with Gasteiger partial charge < -0.3 is 4.74 Å². The van der Waals surface area contributed by atoms with Crippen LogP contribution in [-0.2, 0) is 4.74 Å². The van der Waals surface area contributed by atoms with Crippen molar-refractivity contribution in [2.75, 3.05) is 6.61 Å². The Bertz CT molecular complexity index is 489. The van der Waals surface area contributed by atoms with Crippen LogP contribution in [0.2, 0.25) is 0 Å². The van der Waals surface area contributed by atoms with Crippen molar-refractivity contribution >= 4 is 6.09 Å². The number of carbonyl (C=O) groups excluding carboxylic acids is 1. The molecule has 0 radical (unpaired) electrons. The average molecular weight is 303 g/mol. The van der Waals surface area contributed by atoms with Crippen molar-refractivity contribution in [2.45, 2.75) is 54.4 Å². The molecule has 2 rings (SSSR count). The predicted molar refractivity (Wildman–Crippen MR) is 90.1 cm³/mol. The summed E-state index contributed by atoms with van der Waals surface area (Å²) in [6, 6.07) is 0. The minimum Gasteiger partial charge on any atom is -0.449 e.